The number of piperidine rings is 1. The Morgan fingerprint density at radius 3 is 2.66 bits per heavy atom. The van der Waals surface area contributed by atoms with E-state index in [1.807, 2.05) is 0 Å². The number of nitrogens with zero attached hydrogens (tertiary/aromatic N) is 6. The number of amides is 1. The molecule has 16 heteroatoms. The standard InChI is InChI=1S/C19H19Cl2N9O4S/c1-9-12(25-15(21)16(22)24-9)17(31)26-18-23-8-19(27-18)4-6-30(7-5-19)35(32,33)11-3-2-10(20)13-14(11)29-34-28-13/h2-3H,4-8H2,1H3,(H2,22,24)(H2,23,26,27,31). The highest BCUT2D eigenvalue weighted by Gasteiger charge is 2.42. The molecule has 1 saturated heterocycles. The number of fused-ring (bicyclic) bond motifs is 1. The smallest absolute Gasteiger partial charge is 0.278 e. The molecule has 0 saturated carbocycles. The van der Waals surface area contributed by atoms with Gasteiger partial charge in [-0.1, -0.05) is 23.2 Å². The fourth-order valence-electron chi connectivity index (χ4n) is 4.13. The van der Waals surface area contributed by atoms with Crippen LogP contribution in [0.5, 0.6) is 0 Å². The second-order valence-electron chi connectivity index (χ2n) is 8.27. The van der Waals surface area contributed by atoms with Crippen LogP contribution in [-0.4, -0.2) is 70.0 Å². The van der Waals surface area contributed by atoms with Gasteiger partial charge in [-0.2, -0.15) is 4.31 Å². The highest BCUT2D eigenvalue weighted by molar-refractivity contribution is 7.89. The topological polar surface area (TPSA) is 182 Å². The van der Waals surface area contributed by atoms with Crippen molar-refractivity contribution in [3.05, 3.63) is 33.7 Å². The number of aryl methyl sites for hydroxylation is 1. The molecule has 0 bridgehead atoms. The molecule has 2 aliphatic heterocycles. The van der Waals surface area contributed by atoms with Gasteiger partial charge in [0, 0.05) is 13.1 Å². The van der Waals surface area contributed by atoms with Crippen molar-refractivity contribution in [2.45, 2.75) is 30.2 Å². The molecule has 4 heterocycles. The van der Waals surface area contributed by atoms with E-state index in [1.165, 1.54) is 16.4 Å². The zero-order valence-electron chi connectivity index (χ0n) is 18.2. The van der Waals surface area contributed by atoms with Crippen molar-refractivity contribution < 1.29 is 17.8 Å². The Labute approximate surface area is 209 Å². The Morgan fingerprint density at radius 2 is 1.91 bits per heavy atom. The van der Waals surface area contributed by atoms with Crippen LogP contribution < -0.4 is 16.4 Å². The van der Waals surface area contributed by atoms with E-state index in [4.69, 9.17) is 33.6 Å². The van der Waals surface area contributed by atoms with Crippen LogP contribution in [0.15, 0.2) is 26.6 Å². The van der Waals surface area contributed by atoms with Gasteiger partial charge in [0.1, 0.15) is 4.90 Å². The lowest BCUT2D eigenvalue weighted by molar-refractivity contribution is 0.0969. The van der Waals surface area contributed by atoms with Gasteiger partial charge < -0.3 is 11.1 Å². The minimum absolute atomic E-state index is 0.0173. The van der Waals surface area contributed by atoms with Crippen LogP contribution >= 0.6 is 23.2 Å². The van der Waals surface area contributed by atoms with Crippen molar-refractivity contribution in [3.63, 3.8) is 0 Å². The molecule has 0 unspecified atom stereocenters. The van der Waals surface area contributed by atoms with Crippen LogP contribution in [0.1, 0.15) is 29.0 Å². The lowest BCUT2D eigenvalue weighted by atomic mass is 9.89. The number of nitrogens with two attached hydrogens (primary N) is 1. The maximum absolute atomic E-state index is 13.3. The number of guanidine groups is 1. The summed E-state index contributed by atoms with van der Waals surface area (Å²) in [6.45, 7) is 2.45. The molecule has 2 aliphatic rings. The third-order valence-electron chi connectivity index (χ3n) is 6.05. The Morgan fingerprint density at radius 1 is 1.20 bits per heavy atom. The normalized spacial score (nSPS) is 18.0. The first kappa shape index (κ1) is 23.7. The quantitative estimate of drug-likeness (QED) is 0.435. The molecule has 5 rings (SSSR count). The van der Waals surface area contributed by atoms with E-state index in [2.05, 4.69) is 35.9 Å². The molecule has 2 aromatic heterocycles. The molecule has 184 valence electrons. The fraction of sp³-hybridized carbons (Fsp3) is 0.368. The van der Waals surface area contributed by atoms with Crippen LogP contribution in [0.25, 0.3) is 11.0 Å². The summed E-state index contributed by atoms with van der Waals surface area (Å²) in [6.07, 6.45) is 0.935. The van der Waals surface area contributed by atoms with Crippen molar-refractivity contribution in [2.75, 3.05) is 25.4 Å². The minimum Gasteiger partial charge on any atom is -0.381 e. The summed E-state index contributed by atoms with van der Waals surface area (Å²) in [5.41, 5.74) is 5.77. The average molecular weight is 540 g/mol. The van der Waals surface area contributed by atoms with Gasteiger partial charge in [0.05, 0.1) is 22.8 Å². The van der Waals surface area contributed by atoms with Gasteiger partial charge in [-0.05, 0) is 42.2 Å². The van der Waals surface area contributed by atoms with Crippen LogP contribution in [0.2, 0.25) is 10.2 Å². The number of carbonyl (C=O) groups excluding carboxylic acids is 1. The van der Waals surface area contributed by atoms with E-state index < -0.39 is 21.5 Å². The fourth-order valence-corrected chi connectivity index (χ4v) is 6.00. The zero-order chi connectivity index (χ0) is 25.0. The number of hydrogen-bond acceptors (Lipinski definition) is 11. The Bertz CT molecular complexity index is 1480. The van der Waals surface area contributed by atoms with Gasteiger partial charge >= 0.3 is 0 Å². The maximum Gasteiger partial charge on any atom is 0.278 e. The van der Waals surface area contributed by atoms with E-state index in [9.17, 15) is 13.2 Å². The highest BCUT2D eigenvalue weighted by Crippen LogP contribution is 2.32. The predicted molar refractivity (Wildman–Crippen MR) is 127 cm³/mol. The average Bonchev–Trinajstić information content (AvgIpc) is 3.45. The number of halogens is 2. The highest BCUT2D eigenvalue weighted by atomic mass is 35.5. The van der Waals surface area contributed by atoms with Gasteiger partial charge in [-0.3, -0.25) is 15.1 Å². The molecule has 1 spiro atoms. The molecule has 0 radical (unpaired) electrons. The van der Waals surface area contributed by atoms with Crippen molar-refractivity contribution in [1.29, 1.82) is 0 Å². The molecule has 1 aromatic carbocycles. The van der Waals surface area contributed by atoms with Crippen molar-refractivity contribution >= 4 is 61.9 Å². The van der Waals surface area contributed by atoms with E-state index >= 15 is 0 Å². The Balaban J connectivity index is 1.25. The first-order valence-corrected chi connectivity index (χ1v) is 12.6. The number of anilines is 1. The summed E-state index contributed by atoms with van der Waals surface area (Å²) < 4.78 is 32.7. The first-order chi connectivity index (χ1) is 16.6. The third kappa shape index (κ3) is 4.16. The molecule has 4 N–H and O–H groups in total. The summed E-state index contributed by atoms with van der Waals surface area (Å²) in [7, 11) is -3.86. The second kappa shape index (κ2) is 8.55. The predicted octanol–water partition coefficient (Wildman–Crippen LogP) is 1.12. The van der Waals surface area contributed by atoms with E-state index in [1.54, 1.807) is 6.92 Å². The van der Waals surface area contributed by atoms with E-state index in [-0.39, 0.29) is 56.7 Å². The monoisotopic (exact) mass is 539 g/mol. The van der Waals surface area contributed by atoms with Gasteiger partial charge in [0.25, 0.3) is 5.91 Å². The molecular formula is C19H19Cl2N9O4S. The molecule has 3 aromatic rings. The Kier molecular flexibility index (Phi) is 5.78. The van der Waals surface area contributed by atoms with Crippen LogP contribution in [0.3, 0.4) is 0 Å². The van der Waals surface area contributed by atoms with Crippen LogP contribution in [0.4, 0.5) is 5.82 Å². The lowest BCUT2D eigenvalue weighted by Gasteiger charge is -2.38. The molecule has 35 heavy (non-hydrogen) atoms. The van der Waals surface area contributed by atoms with E-state index in [0.717, 1.165) is 0 Å². The van der Waals surface area contributed by atoms with Gasteiger partial charge in [0.2, 0.25) is 10.0 Å². The summed E-state index contributed by atoms with van der Waals surface area (Å²) in [4.78, 5) is 25.0. The second-order valence-corrected chi connectivity index (χ2v) is 10.9. The van der Waals surface area contributed by atoms with Crippen LogP contribution in [-0.2, 0) is 10.0 Å². The van der Waals surface area contributed by atoms with Gasteiger partial charge in [-0.15, -0.1) is 0 Å². The summed E-state index contributed by atoms with van der Waals surface area (Å²) in [5, 5.41) is 13.5. The van der Waals surface area contributed by atoms with Crippen molar-refractivity contribution in [1.82, 2.24) is 35.2 Å². The number of rotatable bonds is 3. The first-order valence-electron chi connectivity index (χ1n) is 10.4. The summed E-state index contributed by atoms with van der Waals surface area (Å²) in [6, 6.07) is 2.85. The Hall–Kier alpha value is -3.07. The molecule has 13 nitrogen and oxygen atoms in total. The number of aromatic nitrogens is 4. The van der Waals surface area contributed by atoms with Crippen molar-refractivity contribution in [3.8, 4) is 0 Å². The lowest BCUT2D eigenvalue weighted by Crippen LogP contribution is -2.56. The number of benzene rings is 1. The minimum atomic E-state index is -3.86. The maximum atomic E-state index is 13.3. The number of nitrogen functional groups attached to an aromatic ring is 1. The number of sulfonamides is 1. The number of nitrogens with one attached hydrogen (secondary N) is 2. The third-order valence-corrected chi connectivity index (χ3v) is 8.56. The molecule has 1 amide bonds. The largest absolute Gasteiger partial charge is 0.381 e. The molecular weight excluding hydrogens is 521 g/mol. The van der Waals surface area contributed by atoms with Crippen LogP contribution in [0, 0.1) is 6.92 Å². The molecule has 1 fully saturated rings. The number of aliphatic imine (C=N–C) groups is 1. The van der Waals surface area contributed by atoms with Gasteiger partial charge in [0.15, 0.2) is 33.7 Å². The molecule has 0 aliphatic carbocycles. The van der Waals surface area contributed by atoms with Gasteiger partial charge in [-0.25, -0.2) is 23.0 Å². The van der Waals surface area contributed by atoms with E-state index in [0.29, 0.717) is 25.1 Å². The number of carbonyl (C=O) groups is 1. The summed E-state index contributed by atoms with van der Waals surface area (Å²) in [5.74, 6) is -0.224. The SMILES string of the molecule is Cc1nc(N)c(Cl)nc1C(=O)NC1=NCC2(CCN(S(=O)(=O)c3ccc(Cl)c4nonc34)CC2)N1. The van der Waals surface area contributed by atoms with Crippen molar-refractivity contribution in [2.24, 2.45) is 4.99 Å². The number of hydrogen-bond donors (Lipinski definition) is 3. The zero-order valence-corrected chi connectivity index (χ0v) is 20.6. The molecule has 0 atom stereocenters. The summed E-state index contributed by atoms with van der Waals surface area (Å²) >= 11 is 12.0.